The van der Waals surface area contributed by atoms with Crippen LogP contribution in [0.2, 0.25) is 0 Å². The molecule has 1 aliphatic heterocycles. The van der Waals surface area contributed by atoms with Crippen LogP contribution in [0.4, 0.5) is 4.79 Å². The molecule has 20 heavy (non-hydrogen) atoms. The molecular weight excluding hydrogens is 280 g/mol. The lowest BCUT2D eigenvalue weighted by atomic mass is 10.2. The third kappa shape index (κ3) is 3.12. The summed E-state index contributed by atoms with van der Waals surface area (Å²) in [5, 5.41) is 4.13. The van der Waals surface area contributed by atoms with Crippen LogP contribution in [0.25, 0.3) is 0 Å². The van der Waals surface area contributed by atoms with Gasteiger partial charge in [-0.25, -0.2) is 13.8 Å². The molecule has 0 radical (unpaired) electrons. The number of aromatic nitrogens is 2. The highest BCUT2D eigenvalue weighted by atomic mass is 32.2. The van der Waals surface area contributed by atoms with Gasteiger partial charge in [0.05, 0.1) is 39.6 Å². The summed E-state index contributed by atoms with van der Waals surface area (Å²) >= 11 is 0. The van der Waals surface area contributed by atoms with Crippen molar-refractivity contribution in [2.24, 2.45) is 0 Å². The van der Waals surface area contributed by atoms with Crippen molar-refractivity contribution < 1.29 is 13.7 Å². The van der Waals surface area contributed by atoms with E-state index in [-0.39, 0.29) is 6.54 Å². The maximum absolute atomic E-state index is 12.1. The summed E-state index contributed by atoms with van der Waals surface area (Å²) in [4.78, 5) is 14.0. The smallest absolute Gasteiger partial charge is 0.410 e. The lowest BCUT2D eigenvalue weighted by Gasteiger charge is -2.30. The van der Waals surface area contributed by atoms with E-state index < -0.39 is 21.4 Å². The first kappa shape index (κ1) is 14.8. The first-order chi connectivity index (χ1) is 9.08. The van der Waals surface area contributed by atoms with E-state index >= 15 is 0 Å². The highest BCUT2D eigenvalue weighted by Crippen LogP contribution is 2.22. The molecule has 8 heteroatoms. The highest BCUT2D eigenvalue weighted by molar-refractivity contribution is 7.91. The molecule has 1 atom stereocenters. The van der Waals surface area contributed by atoms with Crippen LogP contribution in [0.1, 0.15) is 26.5 Å². The standard InChI is InChI=1S/C12H20N4O3S/c1-12(2,3)19-11(17)15-5-6-16-9(8-15)10(7-14-16)20(4,13)18/h7,13H,5-6,8H2,1-4H3/t20-/m0/s1. The molecule has 0 unspecified atom stereocenters. The molecule has 1 amide bonds. The number of nitrogens with one attached hydrogen (secondary N) is 1. The van der Waals surface area contributed by atoms with Gasteiger partial charge in [-0.15, -0.1) is 0 Å². The van der Waals surface area contributed by atoms with E-state index in [1.165, 1.54) is 12.5 Å². The number of amides is 1. The molecule has 0 aromatic carbocycles. The summed E-state index contributed by atoms with van der Waals surface area (Å²) in [5.74, 6) is 0. The number of rotatable bonds is 1. The maximum Gasteiger partial charge on any atom is 0.410 e. The zero-order chi connectivity index (χ0) is 15.1. The Morgan fingerprint density at radius 1 is 1.45 bits per heavy atom. The van der Waals surface area contributed by atoms with E-state index in [9.17, 15) is 9.00 Å². The Labute approximate surface area is 118 Å². The van der Waals surface area contributed by atoms with Crippen molar-refractivity contribution in [2.45, 2.75) is 44.4 Å². The third-order valence-electron chi connectivity index (χ3n) is 2.90. The first-order valence-corrected chi connectivity index (χ1v) is 8.31. The molecule has 2 heterocycles. The van der Waals surface area contributed by atoms with Crippen LogP contribution in [-0.4, -0.2) is 43.4 Å². The zero-order valence-corrected chi connectivity index (χ0v) is 13.0. The van der Waals surface area contributed by atoms with Gasteiger partial charge >= 0.3 is 6.09 Å². The van der Waals surface area contributed by atoms with E-state index in [0.29, 0.717) is 23.7 Å². The minimum atomic E-state index is -2.85. The molecule has 2 rings (SSSR count). The van der Waals surface area contributed by atoms with E-state index in [1.807, 2.05) is 20.8 Å². The summed E-state index contributed by atoms with van der Waals surface area (Å²) in [7, 11) is -2.85. The van der Waals surface area contributed by atoms with Crippen LogP contribution in [0.15, 0.2) is 11.1 Å². The topological polar surface area (TPSA) is 88.3 Å². The Bertz CT molecular complexity index is 628. The normalized spacial score (nSPS) is 18.3. The zero-order valence-electron chi connectivity index (χ0n) is 12.2. The van der Waals surface area contributed by atoms with Gasteiger partial charge in [0.1, 0.15) is 5.60 Å². The van der Waals surface area contributed by atoms with E-state index in [0.717, 1.165) is 0 Å². The fourth-order valence-electron chi connectivity index (χ4n) is 2.03. The SMILES string of the molecule is CC(C)(C)OC(=O)N1CCn2ncc([S@@](C)(=N)=O)c2C1. The largest absolute Gasteiger partial charge is 0.444 e. The van der Waals surface area contributed by atoms with Crippen molar-refractivity contribution in [2.75, 3.05) is 12.8 Å². The predicted molar refractivity (Wildman–Crippen MR) is 73.9 cm³/mol. The van der Waals surface area contributed by atoms with Gasteiger partial charge in [0.15, 0.2) is 0 Å². The summed E-state index contributed by atoms with van der Waals surface area (Å²) in [6, 6.07) is 0. The van der Waals surface area contributed by atoms with E-state index in [4.69, 9.17) is 9.52 Å². The van der Waals surface area contributed by atoms with Gasteiger partial charge in [-0.2, -0.15) is 5.10 Å². The number of ether oxygens (including phenoxy) is 1. The lowest BCUT2D eigenvalue weighted by Crippen LogP contribution is -2.41. The van der Waals surface area contributed by atoms with Crippen LogP contribution in [0, 0.1) is 4.78 Å². The summed E-state index contributed by atoms with van der Waals surface area (Å²) in [6.07, 6.45) is 2.42. The predicted octanol–water partition coefficient (Wildman–Crippen LogP) is 1.67. The van der Waals surface area contributed by atoms with E-state index in [2.05, 4.69) is 5.10 Å². The van der Waals surface area contributed by atoms with Crippen molar-refractivity contribution in [3.63, 3.8) is 0 Å². The molecule has 1 aromatic heterocycles. The van der Waals surface area contributed by atoms with Crippen molar-refractivity contribution in [3.05, 3.63) is 11.9 Å². The Kier molecular flexibility index (Phi) is 3.53. The van der Waals surface area contributed by atoms with Gasteiger partial charge in [0.2, 0.25) is 0 Å². The molecule has 0 bridgehead atoms. The van der Waals surface area contributed by atoms with Crippen molar-refractivity contribution in [3.8, 4) is 0 Å². The number of fused-ring (bicyclic) bond motifs is 1. The molecule has 0 spiro atoms. The van der Waals surface area contributed by atoms with Gasteiger partial charge < -0.3 is 9.64 Å². The monoisotopic (exact) mass is 300 g/mol. The highest BCUT2D eigenvalue weighted by Gasteiger charge is 2.29. The molecule has 1 N–H and O–H groups in total. The Morgan fingerprint density at radius 3 is 2.65 bits per heavy atom. The molecule has 1 aliphatic rings. The second kappa shape index (κ2) is 4.76. The van der Waals surface area contributed by atoms with Crippen LogP contribution >= 0.6 is 0 Å². The van der Waals surface area contributed by atoms with Crippen LogP contribution in [0.5, 0.6) is 0 Å². The van der Waals surface area contributed by atoms with Crippen LogP contribution in [0.3, 0.4) is 0 Å². The molecule has 1 aromatic rings. The minimum absolute atomic E-state index is 0.272. The quantitative estimate of drug-likeness (QED) is 0.854. The maximum atomic E-state index is 12.1. The molecule has 112 valence electrons. The van der Waals surface area contributed by atoms with Crippen LogP contribution in [-0.2, 0) is 27.6 Å². The average Bonchev–Trinajstić information content (AvgIpc) is 2.68. The number of nitrogens with zero attached hydrogens (tertiary/aromatic N) is 3. The molecule has 0 saturated carbocycles. The van der Waals surface area contributed by atoms with E-state index in [1.54, 1.807) is 9.58 Å². The van der Waals surface area contributed by atoms with Gasteiger partial charge in [-0.3, -0.25) is 4.68 Å². The van der Waals surface area contributed by atoms with Gasteiger partial charge in [-0.05, 0) is 20.8 Å². The first-order valence-electron chi connectivity index (χ1n) is 6.34. The fourth-order valence-corrected chi connectivity index (χ4v) is 2.90. The van der Waals surface area contributed by atoms with Crippen LogP contribution < -0.4 is 0 Å². The van der Waals surface area contributed by atoms with Crippen molar-refractivity contribution >= 4 is 15.8 Å². The third-order valence-corrected chi connectivity index (χ3v) is 4.08. The molecule has 7 nitrogen and oxygen atoms in total. The second-order valence-corrected chi connectivity index (χ2v) is 8.05. The molecule has 0 fully saturated rings. The van der Waals surface area contributed by atoms with Crippen molar-refractivity contribution in [1.82, 2.24) is 14.7 Å². The fraction of sp³-hybridized carbons (Fsp3) is 0.667. The Balaban J connectivity index is 2.22. The number of carbonyl (C=O) groups is 1. The minimum Gasteiger partial charge on any atom is -0.444 e. The lowest BCUT2D eigenvalue weighted by molar-refractivity contribution is 0.0192. The Hall–Kier alpha value is -1.57. The summed E-state index contributed by atoms with van der Waals surface area (Å²) in [5.41, 5.74) is 0.107. The molecule has 0 aliphatic carbocycles. The molecule has 0 saturated heterocycles. The Morgan fingerprint density at radius 2 is 2.10 bits per heavy atom. The van der Waals surface area contributed by atoms with Gasteiger partial charge in [0.25, 0.3) is 0 Å². The van der Waals surface area contributed by atoms with Gasteiger partial charge in [-0.1, -0.05) is 0 Å². The number of hydrogen-bond donors (Lipinski definition) is 1. The van der Waals surface area contributed by atoms with Crippen molar-refractivity contribution in [1.29, 1.82) is 4.78 Å². The van der Waals surface area contributed by atoms with Gasteiger partial charge in [0, 0.05) is 12.8 Å². The summed E-state index contributed by atoms with van der Waals surface area (Å²) < 4.78 is 26.6. The number of hydrogen-bond acceptors (Lipinski definition) is 5. The molecular formula is C12H20N4O3S. The summed E-state index contributed by atoms with van der Waals surface area (Å²) in [6.45, 7) is 6.72. The average molecular weight is 300 g/mol. The number of carbonyl (C=O) groups excluding carboxylic acids is 1. The second-order valence-electron chi connectivity index (χ2n) is 5.92.